The highest BCUT2D eigenvalue weighted by atomic mass is 19.3. The van der Waals surface area contributed by atoms with E-state index < -0.39 is 12.2 Å². The molecule has 0 fully saturated rings. The molecular formula is C20H12F3N3. The molecule has 128 valence electrons. The van der Waals surface area contributed by atoms with Crippen molar-refractivity contribution >= 4 is 10.9 Å². The normalized spacial score (nSPS) is 11.2. The lowest BCUT2D eigenvalue weighted by atomic mass is 9.97. The number of hydrogen-bond donors (Lipinski definition) is 0. The van der Waals surface area contributed by atoms with Gasteiger partial charge in [-0.25, -0.2) is 23.1 Å². The minimum atomic E-state index is -2.68. The number of pyridine rings is 1. The summed E-state index contributed by atoms with van der Waals surface area (Å²) in [6, 6.07) is 12.3. The van der Waals surface area contributed by atoms with Crippen LogP contribution in [0.3, 0.4) is 0 Å². The lowest BCUT2D eigenvalue weighted by Crippen LogP contribution is -1.95. The van der Waals surface area contributed by atoms with Gasteiger partial charge in [0.15, 0.2) is 0 Å². The number of halogens is 3. The topological polar surface area (TPSA) is 38.7 Å². The van der Waals surface area contributed by atoms with E-state index in [0.717, 1.165) is 34.7 Å². The number of benzene rings is 2. The van der Waals surface area contributed by atoms with Gasteiger partial charge in [0, 0.05) is 34.5 Å². The monoisotopic (exact) mass is 351 g/mol. The molecule has 0 radical (unpaired) electrons. The first-order valence-corrected chi connectivity index (χ1v) is 7.86. The molecule has 0 saturated heterocycles. The summed E-state index contributed by atoms with van der Waals surface area (Å²) >= 11 is 0. The van der Waals surface area contributed by atoms with Crippen LogP contribution in [0.25, 0.3) is 33.3 Å². The van der Waals surface area contributed by atoms with Gasteiger partial charge < -0.3 is 0 Å². The van der Waals surface area contributed by atoms with E-state index in [2.05, 4.69) is 15.0 Å². The predicted molar refractivity (Wildman–Crippen MR) is 93.1 cm³/mol. The molecule has 0 atom stereocenters. The Morgan fingerprint density at radius 3 is 2.62 bits per heavy atom. The van der Waals surface area contributed by atoms with Crippen molar-refractivity contribution in [3.63, 3.8) is 0 Å². The summed E-state index contributed by atoms with van der Waals surface area (Å²) in [5.74, 6) is -0.599. The Morgan fingerprint density at radius 1 is 0.885 bits per heavy atom. The number of alkyl halides is 2. The Kier molecular flexibility index (Phi) is 4.08. The van der Waals surface area contributed by atoms with Crippen molar-refractivity contribution in [3.05, 3.63) is 78.6 Å². The summed E-state index contributed by atoms with van der Waals surface area (Å²) in [5.41, 5.74) is 2.30. The van der Waals surface area contributed by atoms with E-state index in [4.69, 9.17) is 0 Å². The molecule has 2 aromatic heterocycles. The fraction of sp³-hybridized carbons (Fsp3) is 0.0500. The third-order valence-electron chi connectivity index (χ3n) is 4.12. The Bertz CT molecular complexity index is 1100. The van der Waals surface area contributed by atoms with E-state index >= 15 is 0 Å². The van der Waals surface area contributed by atoms with Gasteiger partial charge in [-0.15, -0.1) is 0 Å². The minimum Gasteiger partial charge on any atom is -0.255 e. The van der Waals surface area contributed by atoms with E-state index in [0.29, 0.717) is 11.3 Å². The van der Waals surface area contributed by atoms with E-state index in [1.54, 1.807) is 18.3 Å². The molecule has 0 N–H and O–H groups in total. The fourth-order valence-electron chi connectivity index (χ4n) is 2.87. The number of fused-ring (bicyclic) bond motifs is 1. The molecule has 4 rings (SSSR count). The van der Waals surface area contributed by atoms with Gasteiger partial charge in [-0.2, -0.15) is 0 Å². The van der Waals surface area contributed by atoms with Gasteiger partial charge >= 0.3 is 0 Å². The van der Waals surface area contributed by atoms with Crippen LogP contribution in [0.4, 0.5) is 13.2 Å². The van der Waals surface area contributed by atoms with Gasteiger partial charge in [0.05, 0.1) is 11.2 Å². The first kappa shape index (κ1) is 16.2. The predicted octanol–water partition coefficient (Wildman–Crippen LogP) is 5.44. The highest BCUT2D eigenvalue weighted by Crippen LogP contribution is 2.34. The zero-order chi connectivity index (χ0) is 18.1. The Labute approximate surface area is 147 Å². The van der Waals surface area contributed by atoms with Crippen LogP contribution in [0.1, 0.15) is 12.0 Å². The van der Waals surface area contributed by atoms with E-state index in [1.807, 2.05) is 18.2 Å². The van der Waals surface area contributed by atoms with Crippen LogP contribution in [0.2, 0.25) is 0 Å². The van der Waals surface area contributed by atoms with Crippen LogP contribution in [0.5, 0.6) is 0 Å². The van der Waals surface area contributed by atoms with E-state index in [-0.39, 0.29) is 11.1 Å². The zero-order valence-electron chi connectivity index (χ0n) is 13.4. The van der Waals surface area contributed by atoms with Crippen LogP contribution >= 0.6 is 0 Å². The lowest BCUT2D eigenvalue weighted by Gasteiger charge is -2.12. The fourth-order valence-corrected chi connectivity index (χ4v) is 2.87. The maximum absolute atomic E-state index is 14.4. The summed E-state index contributed by atoms with van der Waals surface area (Å²) in [6.45, 7) is 0. The van der Waals surface area contributed by atoms with Crippen LogP contribution < -0.4 is 0 Å². The van der Waals surface area contributed by atoms with Crippen molar-refractivity contribution in [2.75, 3.05) is 0 Å². The first-order chi connectivity index (χ1) is 12.6. The molecule has 26 heavy (non-hydrogen) atoms. The van der Waals surface area contributed by atoms with Crippen molar-refractivity contribution in [3.8, 4) is 22.4 Å². The van der Waals surface area contributed by atoms with Crippen molar-refractivity contribution < 1.29 is 13.2 Å². The highest BCUT2D eigenvalue weighted by molar-refractivity contribution is 5.88. The summed E-state index contributed by atoms with van der Waals surface area (Å²) in [7, 11) is 0. The van der Waals surface area contributed by atoms with Crippen molar-refractivity contribution in [1.82, 2.24) is 15.0 Å². The van der Waals surface area contributed by atoms with Crippen molar-refractivity contribution in [1.29, 1.82) is 0 Å². The van der Waals surface area contributed by atoms with Gasteiger partial charge in [0.2, 0.25) is 0 Å². The lowest BCUT2D eigenvalue weighted by molar-refractivity contribution is 0.151. The number of rotatable bonds is 3. The molecule has 0 saturated carbocycles. The average molecular weight is 351 g/mol. The van der Waals surface area contributed by atoms with Crippen LogP contribution in [0.15, 0.2) is 67.3 Å². The maximum Gasteiger partial charge on any atom is 0.263 e. The zero-order valence-corrected chi connectivity index (χ0v) is 13.4. The number of aromatic nitrogens is 3. The van der Waals surface area contributed by atoms with Crippen LogP contribution in [-0.4, -0.2) is 15.0 Å². The number of hydrogen-bond acceptors (Lipinski definition) is 3. The Hall–Kier alpha value is -3.28. The second-order valence-corrected chi connectivity index (χ2v) is 5.74. The molecule has 3 nitrogen and oxygen atoms in total. The molecule has 0 bridgehead atoms. The second-order valence-electron chi connectivity index (χ2n) is 5.74. The summed E-state index contributed by atoms with van der Waals surface area (Å²) < 4.78 is 40.4. The van der Waals surface area contributed by atoms with Crippen LogP contribution in [0, 0.1) is 5.82 Å². The molecule has 6 heteroatoms. The molecular weight excluding hydrogens is 339 g/mol. The first-order valence-electron chi connectivity index (χ1n) is 7.86. The highest BCUT2D eigenvalue weighted by Gasteiger charge is 2.16. The minimum absolute atomic E-state index is 0.0443. The Balaban J connectivity index is 1.91. The van der Waals surface area contributed by atoms with Gasteiger partial charge in [0.25, 0.3) is 6.43 Å². The van der Waals surface area contributed by atoms with Crippen molar-refractivity contribution in [2.45, 2.75) is 6.43 Å². The molecule has 0 spiro atoms. The average Bonchev–Trinajstić information content (AvgIpc) is 2.68. The quantitative estimate of drug-likeness (QED) is 0.494. The van der Waals surface area contributed by atoms with Gasteiger partial charge in [-0.05, 0) is 35.9 Å². The SMILES string of the molecule is Fc1ccc(C(F)F)cc1-c1ncccc1-c1ccc2ncncc2c1. The van der Waals surface area contributed by atoms with Gasteiger partial charge in [0.1, 0.15) is 12.1 Å². The van der Waals surface area contributed by atoms with E-state index in [1.165, 1.54) is 12.5 Å². The third kappa shape index (κ3) is 2.90. The van der Waals surface area contributed by atoms with E-state index in [9.17, 15) is 13.2 Å². The number of nitrogens with zero attached hydrogens (tertiary/aromatic N) is 3. The molecule has 4 aromatic rings. The molecule has 0 amide bonds. The smallest absolute Gasteiger partial charge is 0.255 e. The molecule has 2 heterocycles. The van der Waals surface area contributed by atoms with Crippen molar-refractivity contribution in [2.24, 2.45) is 0 Å². The summed E-state index contributed by atoms with van der Waals surface area (Å²) in [6.07, 6.45) is 1.97. The molecule has 0 unspecified atom stereocenters. The molecule has 0 aliphatic heterocycles. The second kappa shape index (κ2) is 6.55. The van der Waals surface area contributed by atoms with Gasteiger partial charge in [-0.1, -0.05) is 18.2 Å². The summed E-state index contributed by atoms with van der Waals surface area (Å²) in [5, 5.41) is 0.821. The molecule has 2 aromatic carbocycles. The molecule has 0 aliphatic rings. The maximum atomic E-state index is 14.4. The third-order valence-corrected chi connectivity index (χ3v) is 4.12. The Morgan fingerprint density at radius 2 is 1.77 bits per heavy atom. The van der Waals surface area contributed by atoms with Crippen LogP contribution in [-0.2, 0) is 0 Å². The van der Waals surface area contributed by atoms with Gasteiger partial charge in [-0.3, -0.25) is 4.98 Å². The largest absolute Gasteiger partial charge is 0.263 e. The standard InChI is InChI=1S/C20H12F3N3/c21-17-5-3-13(20(22)23)9-16(17)19-15(2-1-7-25-19)12-4-6-18-14(8-12)10-24-11-26-18/h1-11,20H. The molecule has 0 aliphatic carbocycles. The summed E-state index contributed by atoms with van der Waals surface area (Å²) in [4.78, 5) is 12.4.